The van der Waals surface area contributed by atoms with E-state index in [1.807, 2.05) is 0 Å². The second kappa shape index (κ2) is 8.33. The fourth-order valence-electron chi connectivity index (χ4n) is 2.63. The number of methoxy groups -OCH3 is 1. The quantitative estimate of drug-likeness (QED) is 0.0850. The van der Waals surface area contributed by atoms with Crippen molar-refractivity contribution in [1.82, 2.24) is 4.90 Å². The highest BCUT2D eigenvalue weighted by atomic mass is 35.5. The van der Waals surface area contributed by atoms with Gasteiger partial charge in [0.2, 0.25) is 5.91 Å². The highest BCUT2D eigenvalue weighted by Crippen LogP contribution is 2.42. The summed E-state index contributed by atoms with van der Waals surface area (Å²) < 4.78 is 38.5. The second-order valence-corrected chi connectivity index (χ2v) is 15.2. The predicted molar refractivity (Wildman–Crippen MR) is 108 cm³/mol. The van der Waals surface area contributed by atoms with Gasteiger partial charge in [0.05, 0.1) is 25.4 Å². The van der Waals surface area contributed by atoms with E-state index in [9.17, 15) is 18.0 Å². The van der Waals surface area contributed by atoms with Crippen molar-refractivity contribution in [1.29, 1.82) is 0 Å². The van der Waals surface area contributed by atoms with Crippen LogP contribution in [0.4, 0.5) is 0 Å². The standard InChI is InChI=1S/C17H30ClNO7SSi/c1-10(26-28(8,9)17(3,4)5)12-14(18)19(15(12)20)13(16(21)24-6)11(2)25-27(7,22)23/h10,12,14H,1-9H3/b13-11+/t10-,12-,14+/m1/s1. The molecule has 1 fully saturated rings. The Labute approximate surface area is 173 Å². The monoisotopic (exact) mass is 455 g/mol. The number of halogens is 1. The number of esters is 1. The Kier molecular flexibility index (Phi) is 7.42. The van der Waals surface area contributed by atoms with Crippen molar-refractivity contribution in [3.63, 3.8) is 0 Å². The Morgan fingerprint density at radius 2 is 1.79 bits per heavy atom. The largest absolute Gasteiger partial charge is 0.464 e. The van der Waals surface area contributed by atoms with Crippen LogP contribution < -0.4 is 0 Å². The molecule has 0 N–H and O–H groups in total. The van der Waals surface area contributed by atoms with Gasteiger partial charge in [-0.1, -0.05) is 32.4 Å². The molecule has 0 bridgehead atoms. The molecule has 0 aromatic carbocycles. The van der Waals surface area contributed by atoms with E-state index in [1.54, 1.807) is 6.92 Å². The van der Waals surface area contributed by atoms with Crippen molar-refractivity contribution >= 4 is 41.9 Å². The van der Waals surface area contributed by atoms with E-state index in [0.717, 1.165) is 18.3 Å². The molecule has 0 radical (unpaired) electrons. The van der Waals surface area contributed by atoms with Crippen LogP contribution >= 0.6 is 11.6 Å². The van der Waals surface area contributed by atoms with E-state index < -0.39 is 47.8 Å². The number of ether oxygens (including phenoxy) is 1. The average Bonchev–Trinajstić information content (AvgIpc) is 2.48. The summed E-state index contributed by atoms with van der Waals surface area (Å²) in [6, 6.07) is 0. The van der Waals surface area contributed by atoms with Crippen LogP contribution in [0.2, 0.25) is 18.1 Å². The van der Waals surface area contributed by atoms with Gasteiger partial charge >= 0.3 is 16.1 Å². The SMILES string of the molecule is COC(=O)/C(=C(/C)OS(C)(=O)=O)N1C(=O)[C@H]([C@@H](C)O[Si](C)(C)C(C)(C)C)[C@H]1Cl. The lowest BCUT2D eigenvalue weighted by Gasteiger charge is -2.48. The molecule has 8 nitrogen and oxygen atoms in total. The summed E-state index contributed by atoms with van der Waals surface area (Å²) in [7, 11) is -4.92. The van der Waals surface area contributed by atoms with E-state index in [2.05, 4.69) is 38.6 Å². The van der Waals surface area contributed by atoms with Gasteiger partial charge in [-0.2, -0.15) is 8.42 Å². The van der Waals surface area contributed by atoms with Crippen LogP contribution in [-0.2, 0) is 33.1 Å². The molecule has 0 saturated carbocycles. The van der Waals surface area contributed by atoms with Crippen LogP contribution in [0.5, 0.6) is 0 Å². The predicted octanol–water partition coefficient (Wildman–Crippen LogP) is 2.80. The summed E-state index contributed by atoms with van der Waals surface area (Å²) in [6.07, 6.45) is 0.363. The number of nitrogens with zero attached hydrogens (tertiary/aromatic N) is 1. The van der Waals surface area contributed by atoms with Crippen molar-refractivity contribution in [3.8, 4) is 0 Å². The minimum Gasteiger partial charge on any atom is -0.464 e. The zero-order chi connectivity index (χ0) is 22.2. The number of hydrogen-bond acceptors (Lipinski definition) is 7. The lowest BCUT2D eigenvalue weighted by atomic mass is 9.92. The van der Waals surface area contributed by atoms with Crippen LogP contribution in [0.15, 0.2) is 11.5 Å². The summed E-state index contributed by atoms with van der Waals surface area (Å²) in [5.74, 6) is -2.34. The summed E-state index contributed by atoms with van der Waals surface area (Å²) in [4.78, 5) is 26.0. The maximum Gasteiger partial charge on any atom is 0.358 e. The van der Waals surface area contributed by atoms with Crippen molar-refractivity contribution in [2.45, 2.75) is 64.4 Å². The number of β-lactam (4-membered cyclic amide) rings is 1. The Morgan fingerprint density at radius 3 is 2.14 bits per heavy atom. The number of allylic oxidation sites excluding steroid dienone is 1. The van der Waals surface area contributed by atoms with Crippen LogP contribution in [-0.4, -0.2) is 58.5 Å². The third-order valence-electron chi connectivity index (χ3n) is 5.09. The Hall–Kier alpha value is -1.10. The number of likely N-dealkylation sites (tertiary alicyclic amines) is 1. The molecule has 1 heterocycles. The molecule has 28 heavy (non-hydrogen) atoms. The number of carbonyl (C=O) groups is 2. The first kappa shape index (κ1) is 24.9. The average molecular weight is 456 g/mol. The maximum absolute atomic E-state index is 12.8. The number of alkyl halides is 1. The maximum atomic E-state index is 12.8. The Balaban J connectivity index is 3.15. The molecule has 0 aromatic heterocycles. The van der Waals surface area contributed by atoms with Crippen LogP contribution in [0.3, 0.4) is 0 Å². The van der Waals surface area contributed by atoms with Crippen molar-refractivity contribution in [3.05, 3.63) is 11.5 Å². The summed E-state index contributed by atoms with van der Waals surface area (Å²) in [5.41, 5.74) is -1.24. The smallest absolute Gasteiger partial charge is 0.358 e. The number of rotatable bonds is 7. The van der Waals surface area contributed by atoms with Crippen LogP contribution in [0.25, 0.3) is 0 Å². The van der Waals surface area contributed by atoms with Gasteiger partial charge in [-0.25, -0.2) is 4.79 Å². The topological polar surface area (TPSA) is 99.2 Å². The summed E-state index contributed by atoms with van der Waals surface area (Å²) in [6.45, 7) is 13.4. The molecule has 1 amide bonds. The molecule has 1 aliphatic heterocycles. The normalized spacial score (nSPS) is 22.9. The number of carbonyl (C=O) groups excluding carboxylic acids is 2. The molecule has 1 saturated heterocycles. The highest BCUT2D eigenvalue weighted by molar-refractivity contribution is 7.86. The van der Waals surface area contributed by atoms with Crippen LogP contribution in [0, 0.1) is 5.92 Å². The molecule has 1 aliphatic rings. The highest BCUT2D eigenvalue weighted by Gasteiger charge is 2.55. The van der Waals surface area contributed by atoms with E-state index >= 15 is 0 Å². The minimum absolute atomic E-state index is 0.0491. The molecule has 0 aliphatic carbocycles. The second-order valence-electron chi connectivity index (χ2n) is 8.37. The molecular weight excluding hydrogens is 426 g/mol. The van der Waals surface area contributed by atoms with Gasteiger partial charge in [0.25, 0.3) is 0 Å². The molecule has 0 aromatic rings. The first-order valence-corrected chi connectivity index (χ1v) is 13.9. The zero-order valence-electron chi connectivity index (χ0n) is 17.8. The van der Waals surface area contributed by atoms with E-state index in [0.29, 0.717) is 0 Å². The third kappa shape index (κ3) is 5.28. The molecule has 1 rings (SSSR count). The van der Waals surface area contributed by atoms with Gasteiger partial charge in [0, 0.05) is 0 Å². The van der Waals surface area contributed by atoms with E-state index in [-0.39, 0.29) is 16.5 Å². The number of amides is 1. The first-order valence-electron chi connectivity index (χ1n) is 8.78. The summed E-state index contributed by atoms with van der Waals surface area (Å²) in [5, 5.41) is -0.0491. The molecule has 0 spiro atoms. The van der Waals surface area contributed by atoms with Gasteiger partial charge in [0.15, 0.2) is 14.0 Å². The van der Waals surface area contributed by atoms with Gasteiger partial charge in [-0.3, -0.25) is 9.69 Å². The minimum atomic E-state index is -3.90. The van der Waals surface area contributed by atoms with Crippen molar-refractivity contribution in [2.75, 3.05) is 13.4 Å². The van der Waals surface area contributed by atoms with Gasteiger partial charge < -0.3 is 13.3 Å². The molecule has 3 atom stereocenters. The van der Waals surface area contributed by atoms with E-state index in [4.69, 9.17) is 20.2 Å². The van der Waals surface area contributed by atoms with Gasteiger partial charge in [-0.15, -0.1) is 0 Å². The number of hydrogen-bond donors (Lipinski definition) is 0. The molecule has 0 unspecified atom stereocenters. The van der Waals surface area contributed by atoms with Crippen LogP contribution in [0.1, 0.15) is 34.6 Å². The summed E-state index contributed by atoms with van der Waals surface area (Å²) >= 11 is 6.42. The van der Waals surface area contributed by atoms with E-state index in [1.165, 1.54) is 6.92 Å². The molecule has 11 heteroatoms. The first-order chi connectivity index (χ1) is 12.4. The van der Waals surface area contributed by atoms with Crippen molar-refractivity contribution < 1.29 is 31.4 Å². The lowest BCUT2D eigenvalue weighted by molar-refractivity contribution is -0.158. The molecule has 162 valence electrons. The Morgan fingerprint density at radius 1 is 1.29 bits per heavy atom. The zero-order valence-corrected chi connectivity index (χ0v) is 20.4. The molecular formula is C17H30ClNO7SSi. The fraction of sp³-hybridized carbons (Fsp3) is 0.765. The lowest BCUT2D eigenvalue weighted by Crippen LogP contribution is -2.63. The van der Waals surface area contributed by atoms with Crippen molar-refractivity contribution in [2.24, 2.45) is 5.92 Å². The fourth-order valence-corrected chi connectivity index (χ4v) is 5.10. The third-order valence-corrected chi connectivity index (χ3v) is 10.7. The Bertz CT molecular complexity index is 773. The van der Waals surface area contributed by atoms with Gasteiger partial charge in [0.1, 0.15) is 11.3 Å². The van der Waals surface area contributed by atoms with Gasteiger partial charge in [-0.05, 0) is 32.0 Å².